The molecule has 0 atom stereocenters. The lowest BCUT2D eigenvalue weighted by Gasteiger charge is -2.32. The first kappa shape index (κ1) is 25.0. The fourth-order valence-corrected chi connectivity index (χ4v) is 4.80. The van der Waals surface area contributed by atoms with E-state index < -0.39 is 6.09 Å². The third kappa shape index (κ3) is 6.96. The normalized spacial score (nSPS) is 17.1. The van der Waals surface area contributed by atoms with Gasteiger partial charge in [-0.2, -0.15) is 0 Å². The van der Waals surface area contributed by atoms with Gasteiger partial charge in [0.1, 0.15) is 6.10 Å². The van der Waals surface area contributed by atoms with Crippen LogP contribution < -0.4 is 5.32 Å². The van der Waals surface area contributed by atoms with E-state index in [4.69, 9.17) is 9.84 Å². The van der Waals surface area contributed by atoms with E-state index in [1.807, 2.05) is 64.4 Å². The molecule has 0 bridgehead atoms. The summed E-state index contributed by atoms with van der Waals surface area (Å²) >= 11 is 0. The fourth-order valence-electron chi connectivity index (χ4n) is 4.80. The van der Waals surface area contributed by atoms with Crippen molar-refractivity contribution in [3.63, 3.8) is 0 Å². The molecule has 0 aliphatic carbocycles. The number of carbonyl (C=O) groups excluding carboxylic acids is 2. The lowest BCUT2D eigenvalue weighted by atomic mass is 10.0. The number of likely N-dealkylation sites (tertiary alicyclic amines) is 1. The van der Waals surface area contributed by atoms with E-state index in [1.54, 1.807) is 0 Å². The van der Waals surface area contributed by atoms with E-state index in [1.165, 1.54) is 0 Å². The predicted molar refractivity (Wildman–Crippen MR) is 136 cm³/mol. The molecule has 8 heteroatoms. The first-order chi connectivity index (χ1) is 17.1. The summed E-state index contributed by atoms with van der Waals surface area (Å²) in [7, 11) is 0. The number of amides is 3. The van der Waals surface area contributed by atoms with Crippen molar-refractivity contribution in [3.8, 4) is 11.1 Å². The molecule has 0 aromatic heterocycles. The minimum absolute atomic E-state index is 0.0876. The Morgan fingerprint density at radius 3 is 2.26 bits per heavy atom. The van der Waals surface area contributed by atoms with Gasteiger partial charge >= 0.3 is 12.1 Å². The van der Waals surface area contributed by atoms with Gasteiger partial charge in [-0.25, -0.2) is 9.59 Å². The SMILES string of the molecule is O=C(Nc1ccccc1-c1ccccc1)OC1CCN(CCCN2CCN(CCCO)C2=O)CC1. The summed E-state index contributed by atoms with van der Waals surface area (Å²) in [5.74, 6) is 0. The lowest BCUT2D eigenvalue weighted by molar-refractivity contribution is 0.0581. The molecule has 2 aromatic carbocycles. The number of nitrogens with zero attached hydrogens (tertiary/aromatic N) is 3. The zero-order valence-electron chi connectivity index (χ0n) is 20.3. The van der Waals surface area contributed by atoms with E-state index in [2.05, 4.69) is 10.2 Å². The summed E-state index contributed by atoms with van der Waals surface area (Å²) in [6.07, 6.45) is 2.69. The third-order valence-electron chi connectivity index (χ3n) is 6.73. The van der Waals surface area contributed by atoms with Crippen LogP contribution in [0.5, 0.6) is 0 Å². The van der Waals surface area contributed by atoms with E-state index in [-0.39, 0.29) is 18.7 Å². The molecule has 2 saturated heterocycles. The Hall–Kier alpha value is -3.10. The largest absolute Gasteiger partial charge is 0.446 e. The highest BCUT2D eigenvalue weighted by molar-refractivity contribution is 5.91. The molecule has 2 aromatic rings. The highest BCUT2D eigenvalue weighted by Gasteiger charge is 2.28. The molecular formula is C27H36N4O4. The van der Waals surface area contributed by atoms with Crippen molar-refractivity contribution in [1.29, 1.82) is 0 Å². The molecule has 2 aliphatic heterocycles. The van der Waals surface area contributed by atoms with Gasteiger partial charge in [0, 0.05) is 51.4 Å². The summed E-state index contributed by atoms with van der Waals surface area (Å²) < 4.78 is 5.73. The molecule has 0 spiro atoms. The number of carbonyl (C=O) groups is 2. The molecule has 8 nitrogen and oxygen atoms in total. The highest BCUT2D eigenvalue weighted by atomic mass is 16.6. The molecule has 188 valence electrons. The molecule has 3 amide bonds. The van der Waals surface area contributed by atoms with Gasteiger partial charge in [-0.1, -0.05) is 48.5 Å². The van der Waals surface area contributed by atoms with Gasteiger partial charge in [-0.05, 0) is 43.9 Å². The van der Waals surface area contributed by atoms with Crippen molar-refractivity contribution < 1.29 is 19.4 Å². The van der Waals surface area contributed by atoms with Crippen molar-refractivity contribution in [2.45, 2.75) is 31.8 Å². The number of anilines is 1. The van der Waals surface area contributed by atoms with Crippen LogP contribution in [0.2, 0.25) is 0 Å². The highest BCUT2D eigenvalue weighted by Crippen LogP contribution is 2.28. The molecular weight excluding hydrogens is 444 g/mol. The van der Waals surface area contributed by atoms with Crippen molar-refractivity contribution in [2.24, 2.45) is 0 Å². The number of nitrogens with one attached hydrogen (secondary N) is 1. The monoisotopic (exact) mass is 480 g/mol. The van der Waals surface area contributed by atoms with E-state index in [9.17, 15) is 9.59 Å². The second-order valence-corrected chi connectivity index (χ2v) is 9.17. The Kier molecular flexibility index (Phi) is 8.97. The molecule has 4 rings (SSSR count). The van der Waals surface area contributed by atoms with Crippen molar-refractivity contribution in [1.82, 2.24) is 14.7 Å². The van der Waals surface area contributed by atoms with Crippen molar-refractivity contribution >= 4 is 17.8 Å². The summed E-state index contributed by atoms with van der Waals surface area (Å²) in [6, 6.07) is 17.8. The summed E-state index contributed by atoms with van der Waals surface area (Å²) in [4.78, 5) is 31.1. The minimum Gasteiger partial charge on any atom is -0.446 e. The number of benzene rings is 2. The van der Waals surface area contributed by atoms with Crippen LogP contribution in [0, 0.1) is 0 Å². The van der Waals surface area contributed by atoms with Crippen LogP contribution in [0.25, 0.3) is 11.1 Å². The molecule has 2 N–H and O–H groups in total. The lowest BCUT2D eigenvalue weighted by Crippen LogP contribution is -2.40. The second kappa shape index (κ2) is 12.6. The number of rotatable bonds is 10. The van der Waals surface area contributed by atoms with Crippen LogP contribution in [0.15, 0.2) is 54.6 Å². The number of hydrogen-bond donors (Lipinski definition) is 2. The number of para-hydroxylation sites is 1. The Morgan fingerprint density at radius 1 is 0.886 bits per heavy atom. The number of piperidine rings is 1. The molecule has 2 heterocycles. The van der Waals surface area contributed by atoms with Crippen LogP contribution in [0.1, 0.15) is 25.7 Å². The Morgan fingerprint density at radius 2 is 1.54 bits per heavy atom. The van der Waals surface area contributed by atoms with Gasteiger partial charge in [0.25, 0.3) is 0 Å². The maximum Gasteiger partial charge on any atom is 0.411 e. The number of aliphatic hydroxyl groups is 1. The Balaban J connectivity index is 1.16. The summed E-state index contributed by atoms with van der Waals surface area (Å²) in [5.41, 5.74) is 2.76. The Labute approximate surface area is 207 Å². The predicted octanol–water partition coefficient (Wildman–Crippen LogP) is 3.88. The number of ether oxygens (including phenoxy) is 1. The van der Waals surface area contributed by atoms with Gasteiger partial charge in [0.15, 0.2) is 0 Å². The molecule has 2 aliphatic rings. The van der Waals surface area contributed by atoms with Crippen LogP contribution in [0.3, 0.4) is 0 Å². The maximum absolute atomic E-state index is 12.6. The average Bonchev–Trinajstić information content (AvgIpc) is 3.23. The van der Waals surface area contributed by atoms with Crippen LogP contribution in [-0.4, -0.2) is 90.5 Å². The molecule has 0 radical (unpaired) electrons. The maximum atomic E-state index is 12.6. The quantitative estimate of drug-likeness (QED) is 0.539. The van der Waals surface area contributed by atoms with Crippen LogP contribution >= 0.6 is 0 Å². The molecule has 0 unspecified atom stereocenters. The van der Waals surface area contributed by atoms with Gasteiger partial charge in [0.05, 0.1) is 5.69 Å². The Bertz CT molecular complexity index is 963. The van der Waals surface area contributed by atoms with Crippen LogP contribution in [-0.2, 0) is 4.74 Å². The summed E-state index contributed by atoms with van der Waals surface area (Å²) in [6.45, 7) is 5.72. The van der Waals surface area contributed by atoms with Crippen molar-refractivity contribution in [2.75, 3.05) is 57.7 Å². The van der Waals surface area contributed by atoms with Crippen LogP contribution in [0.4, 0.5) is 15.3 Å². The smallest absolute Gasteiger partial charge is 0.411 e. The number of aliphatic hydroxyl groups excluding tert-OH is 1. The zero-order valence-corrected chi connectivity index (χ0v) is 20.3. The number of hydrogen-bond acceptors (Lipinski definition) is 5. The molecule has 35 heavy (non-hydrogen) atoms. The van der Waals surface area contributed by atoms with E-state index in [0.29, 0.717) is 13.0 Å². The van der Waals surface area contributed by atoms with E-state index in [0.717, 1.165) is 75.3 Å². The van der Waals surface area contributed by atoms with E-state index >= 15 is 0 Å². The minimum atomic E-state index is -0.412. The fraction of sp³-hybridized carbons (Fsp3) is 0.481. The third-order valence-corrected chi connectivity index (χ3v) is 6.73. The molecule has 0 saturated carbocycles. The zero-order chi connectivity index (χ0) is 24.5. The van der Waals surface area contributed by atoms with Gasteiger partial charge < -0.3 is 24.5 Å². The first-order valence-corrected chi connectivity index (χ1v) is 12.6. The standard InChI is InChI=1S/C27H36N4O4/c32-21-7-16-31-20-19-30(27(31)34)15-6-14-29-17-12-23(13-18-29)35-26(33)28-25-11-5-4-10-24(25)22-8-2-1-3-9-22/h1-5,8-11,23,32H,6-7,12-21H2,(H,28,33). The van der Waals surface area contributed by atoms with Gasteiger partial charge in [0.2, 0.25) is 0 Å². The van der Waals surface area contributed by atoms with Gasteiger partial charge in [-0.3, -0.25) is 5.32 Å². The number of urea groups is 1. The molecule has 2 fully saturated rings. The summed E-state index contributed by atoms with van der Waals surface area (Å²) in [5, 5.41) is 11.9. The second-order valence-electron chi connectivity index (χ2n) is 9.17. The average molecular weight is 481 g/mol. The van der Waals surface area contributed by atoms with Gasteiger partial charge in [-0.15, -0.1) is 0 Å². The van der Waals surface area contributed by atoms with Crippen molar-refractivity contribution in [3.05, 3.63) is 54.6 Å². The first-order valence-electron chi connectivity index (χ1n) is 12.6. The topological polar surface area (TPSA) is 85.3 Å².